The Kier molecular flexibility index (Phi) is 7.22. The van der Waals surface area contributed by atoms with Gasteiger partial charge in [0.15, 0.2) is 5.69 Å². The molecule has 4 heteroatoms. The van der Waals surface area contributed by atoms with Crippen molar-refractivity contribution < 1.29 is 0 Å². The van der Waals surface area contributed by atoms with Crippen LogP contribution in [0.1, 0.15) is 5.56 Å². The van der Waals surface area contributed by atoms with E-state index in [1.165, 1.54) is 21.5 Å². The zero-order chi connectivity index (χ0) is 36.2. The molecule has 0 atom stereocenters. The van der Waals surface area contributed by atoms with Crippen LogP contribution in [0.5, 0.6) is 0 Å². The van der Waals surface area contributed by atoms with Crippen LogP contribution in [-0.2, 0) is 0 Å². The summed E-state index contributed by atoms with van der Waals surface area (Å²) in [6.07, 6.45) is 0. The predicted octanol–water partition coefficient (Wildman–Crippen LogP) is 13.3. The fourth-order valence-electron chi connectivity index (χ4n) is 8.35. The van der Waals surface area contributed by atoms with Crippen molar-refractivity contribution >= 4 is 49.3 Å². The third-order valence-electron chi connectivity index (χ3n) is 10.6. The van der Waals surface area contributed by atoms with Crippen molar-refractivity contribution in [1.29, 1.82) is 5.26 Å². The smallest absolute Gasteiger partial charge is 0.196 e. The molecule has 0 spiro atoms. The maximum absolute atomic E-state index is 9.99. The van der Waals surface area contributed by atoms with E-state index in [1.807, 2.05) is 12.1 Å². The summed E-state index contributed by atoms with van der Waals surface area (Å²) in [6, 6.07) is 65.8. The molecule has 0 amide bonds. The summed E-state index contributed by atoms with van der Waals surface area (Å²) >= 11 is 0. The van der Waals surface area contributed by atoms with Crippen LogP contribution in [0.2, 0.25) is 0 Å². The summed E-state index contributed by atoms with van der Waals surface area (Å²) in [5.74, 6) is 0. The molecule has 0 bridgehead atoms. The Morgan fingerprint density at radius 3 is 1.37 bits per heavy atom. The molecule has 0 aliphatic heterocycles. The minimum Gasteiger partial charge on any atom is -0.309 e. The topological polar surface area (TPSA) is 38.0 Å². The van der Waals surface area contributed by atoms with Gasteiger partial charge in [0, 0.05) is 43.8 Å². The molecule has 250 valence electrons. The van der Waals surface area contributed by atoms with Gasteiger partial charge in [-0.25, -0.2) is 4.85 Å². The molecular weight excluding hydrogens is 657 g/mol. The second kappa shape index (κ2) is 12.5. The van der Waals surface area contributed by atoms with Crippen LogP contribution in [0, 0.1) is 17.9 Å². The molecule has 10 aromatic rings. The maximum atomic E-state index is 9.99. The Balaban J connectivity index is 1.29. The van der Waals surface area contributed by atoms with Crippen molar-refractivity contribution in [3.05, 3.63) is 199 Å². The average molecular weight is 687 g/mol. The zero-order valence-electron chi connectivity index (χ0n) is 29.1. The van der Waals surface area contributed by atoms with Gasteiger partial charge in [-0.05, 0) is 59.2 Å². The predicted molar refractivity (Wildman–Crippen MR) is 222 cm³/mol. The van der Waals surface area contributed by atoms with Gasteiger partial charge in [-0.1, -0.05) is 140 Å². The monoisotopic (exact) mass is 686 g/mol. The first-order chi connectivity index (χ1) is 26.7. The Morgan fingerprint density at radius 1 is 0.407 bits per heavy atom. The molecule has 0 unspecified atom stereocenters. The Hall–Kier alpha value is -7.66. The van der Waals surface area contributed by atoms with Gasteiger partial charge >= 0.3 is 0 Å². The first-order valence-corrected chi connectivity index (χ1v) is 18.0. The molecule has 0 saturated heterocycles. The van der Waals surface area contributed by atoms with Gasteiger partial charge in [0.25, 0.3) is 0 Å². The maximum Gasteiger partial charge on any atom is 0.196 e. The van der Waals surface area contributed by atoms with Crippen molar-refractivity contribution in [2.24, 2.45) is 0 Å². The Morgan fingerprint density at radius 2 is 0.833 bits per heavy atom. The van der Waals surface area contributed by atoms with E-state index >= 15 is 0 Å². The normalized spacial score (nSPS) is 11.3. The van der Waals surface area contributed by atoms with Gasteiger partial charge in [-0.2, -0.15) is 5.26 Å². The number of para-hydroxylation sites is 5. The van der Waals surface area contributed by atoms with Crippen LogP contribution in [0.15, 0.2) is 182 Å². The molecule has 2 heterocycles. The molecule has 0 aliphatic rings. The van der Waals surface area contributed by atoms with Gasteiger partial charge in [0.2, 0.25) is 0 Å². The van der Waals surface area contributed by atoms with Crippen LogP contribution >= 0.6 is 0 Å². The highest BCUT2D eigenvalue weighted by Gasteiger charge is 2.22. The molecule has 0 radical (unpaired) electrons. The zero-order valence-corrected chi connectivity index (χ0v) is 29.1. The second-order valence-corrected chi connectivity index (χ2v) is 13.5. The number of hydrogen-bond donors (Lipinski definition) is 0. The van der Waals surface area contributed by atoms with Crippen LogP contribution in [0.3, 0.4) is 0 Å². The van der Waals surface area contributed by atoms with Gasteiger partial charge in [-0.3, -0.25) is 0 Å². The highest BCUT2D eigenvalue weighted by molar-refractivity contribution is 6.11. The molecule has 0 saturated carbocycles. The van der Waals surface area contributed by atoms with Crippen molar-refractivity contribution in [2.75, 3.05) is 0 Å². The highest BCUT2D eigenvalue weighted by Crippen LogP contribution is 2.45. The lowest BCUT2D eigenvalue weighted by molar-refractivity contribution is 1.17. The molecule has 10 rings (SSSR count). The molecule has 0 fully saturated rings. The number of benzene rings is 8. The van der Waals surface area contributed by atoms with Crippen LogP contribution < -0.4 is 0 Å². The van der Waals surface area contributed by atoms with Crippen molar-refractivity contribution in [3.63, 3.8) is 0 Å². The summed E-state index contributed by atoms with van der Waals surface area (Å²) in [4.78, 5) is 3.77. The average Bonchev–Trinajstić information content (AvgIpc) is 3.76. The molecule has 8 aromatic carbocycles. The summed E-state index contributed by atoms with van der Waals surface area (Å²) in [5, 5.41) is 14.8. The lowest BCUT2D eigenvalue weighted by Crippen LogP contribution is -2.02. The Labute approximate surface area is 312 Å². The fourth-order valence-corrected chi connectivity index (χ4v) is 8.35. The number of nitrogens with zero attached hydrogens (tertiary/aromatic N) is 4. The molecule has 2 aromatic heterocycles. The standard InChI is InChI=1S/C50H30N4/c1-52-42-21-12-14-35(32-51)49(42)33-28-30-34(31-29-33)50-41(20-13-27-48(50)54-45-24-9-4-17-38(45)39-18-5-10-25-46(39)54)40-19-6-11-26-47(40)53-43-22-7-2-15-36(43)37-16-3-8-23-44(37)53/h2-31H. The van der Waals surface area contributed by atoms with Gasteiger partial charge in [0.1, 0.15) is 0 Å². The molecular formula is C50H30N4. The van der Waals surface area contributed by atoms with Crippen molar-refractivity contribution in [3.8, 4) is 50.8 Å². The second-order valence-electron chi connectivity index (χ2n) is 13.5. The van der Waals surface area contributed by atoms with Gasteiger partial charge in [-0.15, -0.1) is 0 Å². The molecule has 0 aliphatic carbocycles. The van der Waals surface area contributed by atoms with E-state index in [-0.39, 0.29) is 0 Å². The van der Waals surface area contributed by atoms with Crippen LogP contribution in [0.4, 0.5) is 5.69 Å². The van der Waals surface area contributed by atoms with E-state index in [4.69, 9.17) is 6.57 Å². The van der Waals surface area contributed by atoms with Gasteiger partial charge in [0.05, 0.1) is 46.1 Å². The minimum atomic E-state index is 0.466. The quantitative estimate of drug-likeness (QED) is 0.166. The SMILES string of the molecule is [C-]#[N+]c1cccc(C#N)c1-c1ccc(-c2c(-c3ccccc3-n3c4ccccc4c4ccccc43)cccc2-n2c3ccccc3c3ccccc32)cc1. The van der Waals surface area contributed by atoms with Gasteiger partial charge < -0.3 is 9.13 Å². The first-order valence-electron chi connectivity index (χ1n) is 18.0. The van der Waals surface area contributed by atoms with Crippen molar-refractivity contribution in [1.82, 2.24) is 9.13 Å². The number of nitriles is 1. The summed E-state index contributed by atoms with van der Waals surface area (Å²) in [5.41, 5.74) is 13.5. The van der Waals surface area contributed by atoms with Crippen LogP contribution in [-0.4, -0.2) is 9.13 Å². The number of hydrogen-bond acceptors (Lipinski definition) is 1. The third kappa shape index (κ3) is 4.68. The van der Waals surface area contributed by atoms with E-state index in [2.05, 4.69) is 172 Å². The molecule has 54 heavy (non-hydrogen) atoms. The fraction of sp³-hybridized carbons (Fsp3) is 0. The van der Waals surface area contributed by atoms with E-state index in [1.54, 1.807) is 18.2 Å². The lowest BCUT2D eigenvalue weighted by Gasteiger charge is -2.21. The summed E-state index contributed by atoms with van der Waals surface area (Å²) < 4.78 is 4.78. The van der Waals surface area contributed by atoms with Crippen molar-refractivity contribution in [2.45, 2.75) is 0 Å². The number of rotatable bonds is 5. The summed E-state index contributed by atoms with van der Waals surface area (Å²) in [6.45, 7) is 7.84. The number of fused-ring (bicyclic) bond motifs is 6. The van der Waals surface area contributed by atoms with E-state index in [0.717, 1.165) is 61.3 Å². The highest BCUT2D eigenvalue weighted by atomic mass is 15.0. The van der Waals surface area contributed by atoms with E-state index in [9.17, 15) is 5.26 Å². The lowest BCUT2D eigenvalue weighted by atomic mass is 9.90. The Bertz CT molecular complexity index is 3040. The largest absolute Gasteiger partial charge is 0.309 e. The molecule has 0 N–H and O–H groups in total. The molecule has 4 nitrogen and oxygen atoms in total. The van der Waals surface area contributed by atoms with E-state index < -0.39 is 0 Å². The third-order valence-corrected chi connectivity index (χ3v) is 10.6. The van der Waals surface area contributed by atoms with E-state index in [0.29, 0.717) is 16.8 Å². The first kappa shape index (κ1) is 31.1. The number of aromatic nitrogens is 2. The minimum absolute atomic E-state index is 0.466. The summed E-state index contributed by atoms with van der Waals surface area (Å²) in [7, 11) is 0. The van der Waals surface area contributed by atoms with Crippen LogP contribution in [0.25, 0.3) is 93.2 Å².